The van der Waals surface area contributed by atoms with Gasteiger partial charge in [-0.2, -0.15) is 4.99 Å². The molecule has 0 unspecified atom stereocenters. The van der Waals surface area contributed by atoms with Crippen molar-refractivity contribution < 1.29 is 19.2 Å². The van der Waals surface area contributed by atoms with Gasteiger partial charge in [0.2, 0.25) is 11.8 Å². The maximum Gasteiger partial charge on any atom is 0.262 e. The molecule has 2 heterocycles. The molecule has 1 saturated heterocycles. The molecule has 0 radical (unpaired) electrons. The van der Waals surface area contributed by atoms with Crippen LogP contribution in [-0.4, -0.2) is 64.6 Å². The largest absolute Gasteiger partial charge is 0.352 e. The highest BCUT2D eigenvalue weighted by Gasteiger charge is 2.33. The number of aliphatic imine (C=N–C) groups is 1. The third-order valence-electron chi connectivity index (χ3n) is 5.49. The number of carbonyl (C=O) groups excluding carboxylic acids is 4. The highest BCUT2D eigenvalue weighted by atomic mass is 32.2. The lowest BCUT2D eigenvalue weighted by atomic mass is 10.1. The van der Waals surface area contributed by atoms with Crippen molar-refractivity contribution in [3.8, 4) is 0 Å². The maximum atomic E-state index is 12.5. The van der Waals surface area contributed by atoms with Crippen LogP contribution in [0.4, 0.5) is 5.69 Å². The number of thioether (sulfide) groups is 1. The molecule has 4 rings (SSSR count). The number of carbonyl (C=O) groups is 4. The number of nitrogens with one attached hydrogen (secondary N) is 3. The van der Waals surface area contributed by atoms with Crippen molar-refractivity contribution in [3.05, 3.63) is 29.8 Å². The summed E-state index contributed by atoms with van der Waals surface area (Å²) >= 11 is 1.35. The van der Waals surface area contributed by atoms with Crippen molar-refractivity contribution in [2.24, 2.45) is 4.99 Å². The molecule has 1 aromatic carbocycles. The molecule has 10 heteroatoms. The lowest BCUT2D eigenvalue weighted by Crippen LogP contribution is -2.37. The zero-order valence-electron chi connectivity index (χ0n) is 17.8. The van der Waals surface area contributed by atoms with E-state index in [1.807, 2.05) is 0 Å². The molecule has 170 valence electrons. The molecule has 0 bridgehead atoms. The molecular formula is C22H27N5O4S. The average Bonchev–Trinajstić information content (AvgIpc) is 3.53. The quantitative estimate of drug-likeness (QED) is 0.571. The van der Waals surface area contributed by atoms with Gasteiger partial charge in [-0.25, -0.2) is 0 Å². The minimum Gasteiger partial charge on any atom is -0.352 e. The lowest BCUT2D eigenvalue weighted by molar-refractivity contribution is -0.121. The van der Waals surface area contributed by atoms with E-state index in [-0.39, 0.29) is 36.7 Å². The summed E-state index contributed by atoms with van der Waals surface area (Å²) in [5.41, 5.74) is 0.793. The second-order valence-electron chi connectivity index (χ2n) is 8.24. The Morgan fingerprint density at radius 2 is 1.88 bits per heavy atom. The van der Waals surface area contributed by atoms with E-state index < -0.39 is 11.2 Å². The molecule has 32 heavy (non-hydrogen) atoms. The normalized spacial score (nSPS) is 20.5. The summed E-state index contributed by atoms with van der Waals surface area (Å²) in [5, 5.41) is 8.33. The third-order valence-corrected chi connectivity index (χ3v) is 6.70. The van der Waals surface area contributed by atoms with Crippen LogP contribution in [0.2, 0.25) is 0 Å². The van der Waals surface area contributed by atoms with Gasteiger partial charge in [0.25, 0.3) is 11.8 Å². The fraction of sp³-hybridized carbons (Fsp3) is 0.500. The number of hydrogen-bond donors (Lipinski definition) is 3. The molecule has 0 spiro atoms. The van der Waals surface area contributed by atoms with Crippen molar-refractivity contribution >= 4 is 46.2 Å². The summed E-state index contributed by atoms with van der Waals surface area (Å²) in [5.74, 6) is -1.20. The Bertz CT molecular complexity index is 940. The number of amidine groups is 1. The van der Waals surface area contributed by atoms with Crippen LogP contribution in [0.1, 0.15) is 48.9 Å². The van der Waals surface area contributed by atoms with Gasteiger partial charge in [-0.15, -0.1) is 0 Å². The summed E-state index contributed by atoms with van der Waals surface area (Å²) in [6.07, 6.45) is 5.36. The van der Waals surface area contributed by atoms with Crippen LogP contribution in [0, 0.1) is 0 Å². The lowest BCUT2D eigenvalue weighted by Gasteiger charge is -2.27. The van der Waals surface area contributed by atoms with Crippen molar-refractivity contribution in [2.75, 3.05) is 25.0 Å². The van der Waals surface area contributed by atoms with Crippen LogP contribution in [-0.2, 0) is 14.4 Å². The standard InChI is InChI=1S/C22H27N5O4S/c28-18(12-17-21(31)26-22(32-17)27-9-2-1-3-10-27)25-16-6-4-5-14(11-16)20(30)23-13-19(29)24-15-7-8-15/h4-6,11,15,17H,1-3,7-10,12-13H2,(H,23,30)(H,24,29)(H,25,28)/t17-/m1/s1. The number of anilines is 1. The van der Waals surface area contributed by atoms with Crippen molar-refractivity contribution in [3.63, 3.8) is 0 Å². The van der Waals surface area contributed by atoms with Gasteiger partial charge in [0.15, 0.2) is 5.17 Å². The summed E-state index contributed by atoms with van der Waals surface area (Å²) in [4.78, 5) is 55.1. The van der Waals surface area contributed by atoms with E-state index in [1.165, 1.54) is 18.2 Å². The van der Waals surface area contributed by atoms with Crippen LogP contribution in [0.5, 0.6) is 0 Å². The Kier molecular flexibility index (Phi) is 7.09. The summed E-state index contributed by atoms with van der Waals surface area (Å²) in [7, 11) is 0. The van der Waals surface area contributed by atoms with Crippen molar-refractivity contribution in [1.29, 1.82) is 0 Å². The van der Waals surface area contributed by atoms with Crippen LogP contribution in [0.25, 0.3) is 0 Å². The number of benzene rings is 1. The zero-order valence-corrected chi connectivity index (χ0v) is 18.6. The first-order chi connectivity index (χ1) is 15.5. The molecule has 2 fully saturated rings. The van der Waals surface area contributed by atoms with Crippen LogP contribution in [0.3, 0.4) is 0 Å². The Morgan fingerprint density at radius 1 is 1.09 bits per heavy atom. The first kappa shape index (κ1) is 22.3. The predicted octanol–water partition coefficient (Wildman–Crippen LogP) is 1.51. The minimum absolute atomic E-state index is 0.0160. The van der Waals surface area contributed by atoms with E-state index in [0.29, 0.717) is 11.3 Å². The Balaban J connectivity index is 1.25. The molecule has 1 saturated carbocycles. The number of likely N-dealkylation sites (tertiary alicyclic amines) is 1. The molecule has 0 aromatic heterocycles. The van der Waals surface area contributed by atoms with Gasteiger partial charge in [0, 0.05) is 36.8 Å². The fourth-order valence-corrected chi connectivity index (χ4v) is 4.73. The summed E-state index contributed by atoms with van der Waals surface area (Å²) in [6.45, 7) is 1.70. The van der Waals surface area contributed by atoms with Crippen LogP contribution >= 0.6 is 11.8 Å². The van der Waals surface area contributed by atoms with Crippen LogP contribution < -0.4 is 16.0 Å². The van der Waals surface area contributed by atoms with E-state index in [2.05, 4.69) is 25.8 Å². The molecule has 1 atom stereocenters. The number of amides is 4. The molecular weight excluding hydrogens is 430 g/mol. The summed E-state index contributed by atoms with van der Waals surface area (Å²) < 4.78 is 0. The third kappa shape index (κ3) is 6.09. The zero-order chi connectivity index (χ0) is 22.5. The van der Waals surface area contributed by atoms with Gasteiger partial charge in [0.1, 0.15) is 5.25 Å². The van der Waals surface area contributed by atoms with E-state index in [9.17, 15) is 19.2 Å². The highest BCUT2D eigenvalue weighted by Crippen LogP contribution is 2.29. The number of hydrogen-bond acceptors (Lipinski definition) is 6. The maximum absolute atomic E-state index is 12.5. The van der Waals surface area contributed by atoms with E-state index in [0.717, 1.165) is 43.9 Å². The monoisotopic (exact) mass is 457 g/mol. The molecule has 2 aliphatic heterocycles. The molecule has 9 nitrogen and oxygen atoms in total. The van der Waals surface area contributed by atoms with Crippen LogP contribution in [0.15, 0.2) is 29.3 Å². The predicted molar refractivity (Wildman–Crippen MR) is 122 cm³/mol. The number of rotatable bonds is 7. The first-order valence-corrected chi connectivity index (χ1v) is 11.9. The fourth-order valence-electron chi connectivity index (χ4n) is 3.62. The Morgan fingerprint density at radius 3 is 2.62 bits per heavy atom. The molecule has 3 aliphatic rings. The molecule has 4 amide bonds. The second-order valence-corrected chi connectivity index (χ2v) is 9.41. The number of nitrogens with zero attached hydrogens (tertiary/aromatic N) is 2. The van der Waals surface area contributed by atoms with Crippen molar-refractivity contribution in [2.45, 2.75) is 49.8 Å². The van der Waals surface area contributed by atoms with Gasteiger partial charge >= 0.3 is 0 Å². The van der Waals surface area contributed by atoms with Gasteiger partial charge in [0.05, 0.1) is 6.54 Å². The van der Waals surface area contributed by atoms with E-state index >= 15 is 0 Å². The molecule has 1 aromatic rings. The van der Waals surface area contributed by atoms with E-state index in [1.54, 1.807) is 24.3 Å². The Labute approximate surface area is 190 Å². The topological polar surface area (TPSA) is 120 Å². The van der Waals surface area contributed by atoms with Gasteiger partial charge in [-0.1, -0.05) is 17.8 Å². The first-order valence-electron chi connectivity index (χ1n) is 11.0. The average molecular weight is 458 g/mol. The second kappa shape index (κ2) is 10.2. The van der Waals surface area contributed by atoms with Gasteiger partial charge in [-0.3, -0.25) is 19.2 Å². The summed E-state index contributed by atoms with van der Waals surface area (Å²) in [6, 6.07) is 6.73. The molecule has 1 aliphatic carbocycles. The van der Waals surface area contributed by atoms with Crippen molar-refractivity contribution in [1.82, 2.24) is 15.5 Å². The highest BCUT2D eigenvalue weighted by molar-refractivity contribution is 8.15. The SMILES string of the molecule is O=C(C[C@H]1SC(N2CCCCC2)=NC1=O)Nc1cccc(C(=O)NCC(=O)NC2CC2)c1. The van der Waals surface area contributed by atoms with Gasteiger partial charge in [-0.05, 0) is 50.3 Å². The Hall–Kier alpha value is -2.88. The van der Waals surface area contributed by atoms with Gasteiger partial charge < -0.3 is 20.9 Å². The molecule has 3 N–H and O–H groups in total. The van der Waals surface area contributed by atoms with E-state index in [4.69, 9.17) is 0 Å². The smallest absolute Gasteiger partial charge is 0.262 e. The minimum atomic E-state index is -0.525. The number of piperidine rings is 1.